The van der Waals surface area contributed by atoms with Gasteiger partial charge >= 0.3 is 0 Å². The highest BCUT2D eigenvalue weighted by molar-refractivity contribution is 5.89. The molecule has 1 aromatic carbocycles. The van der Waals surface area contributed by atoms with Crippen molar-refractivity contribution in [1.82, 2.24) is 4.90 Å². The van der Waals surface area contributed by atoms with Crippen molar-refractivity contribution in [2.75, 3.05) is 13.1 Å². The minimum atomic E-state index is -0.638. The first-order chi connectivity index (χ1) is 9.99. The first kappa shape index (κ1) is 16.1. The fourth-order valence-electron chi connectivity index (χ4n) is 3.04. The van der Waals surface area contributed by atoms with Crippen LogP contribution >= 0.6 is 0 Å². The number of carbonyl (C=O) groups is 1. The third kappa shape index (κ3) is 3.31. The second kappa shape index (κ2) is 6.65. The molecule has 0 spiro atoms. The molecular weight excluding hydrogens is 272 g/mol. The SMILES string of the molecule is CCC(C)(C(=O)Cc1c(F)cccc1F)N1CCCCC1. The number of nitrogens with zero attached hydrogens (tertiary/aromatic N) is 1. The van der Waals surface area contributed by atoms with E-state index < -0.39 is 17.2 Å². The van der Waals surface area contributed by atoms with E-state index in [0.29, 0.717) is 6.42 Å². The van der Waals surface area contributed by atoms with Crippen molar-refractivity contribution in [3.8, 4) is 0 Å². The summed E-state index contributed by atoms with van der Waals surface area (Å²) in [5, 5.41) is 0. The first-order valence-electron chi connectivity index (χ1n) is 7.70. The van der Waals surface area contributed by atoms with Crippen LogP contribution in [0.5, 0.6) is 0 Å². The van der Waals surface area contributed by atoms with Gasteiger partial charge in [0.15, 0.2) is 5.78 Å². The van der Waals surface area contributed by atoms with Gasteiger partial charge in [-0.25, -0.2) is 8.78 Å². The molecule has 1 unspecified atom stereocenters. The molecule has 1 fully saturated rings. The molecule has 2 rings (SSSR count). The number of benzene rings is 1. The third-order valence-corrected chi connectivity index (χ3v) is 4.74. The number of Topliss-reactive ketones (excluding diaryl/α,β-unsaturated/α-hetero) is 1. The molecule has 1 atom stereocenters. The molecule has 1 saturated heterocycles. The van der Waals surface area contributed by atoms with Crippen molar-refractivity contribution in [3.05, 3.63) is 35.4 Å². The van der Waals surface area contributed by atoms with Gasteiger partial charge in [-0.05, 0) is 51.4 Å². The summed E-state index contributed by atoms with van der Waals surface area (Å²) in [6.45, 7) is 5.63. The zero-order valence-electron chi connectivity index (χ0n) is 12.8. The Bertz CT molecular complexity index is 491. The van der Waals surface area contributed by atoms with Gasteiger partial charge in [0, 0.05) is 12.0 Å². The van der Waals surface area contributed by atoms with Gasteiger partial charge in [-0.3, -0.25) is 9.69 Å². The minimum absolute atomic E-state index is 0.101. The highest BCUT2D eigenvalue weighted by atomic mass is 19.1. The van der Waals surface area contributed by atoms with E-state index in [4.69, 9.17) is 0 Å². The molecule has 1 aliphatic rings. The zero-order valence-corrected chi connectivity index (χ0v) is 12.8. The van der Waals surface area contributed by atoms with E-state index in [1.54, 1.807) is 0 Å². The molecule has 0 saturated carbocycles. The number of likely N-dealkylation sites (tertiary alicyclic amines) is 1. The van der Waals surface area contributed by atoms with Gasteiger partial charge in [-0.2, -0.15) is 0 Å². The van der Waals surface area contributed by atoms with Crippen LogP contribution in [0.25, 0.3) is 0 Å². The van der Waals surface area contributed by atoms with Crippen molar-refractivity contribution in [3.63, 3.8) is 0 Å². The maximum atomic E-state index is 13.7. The number of hydrogen-bond donors (Lipinski definition) is 0. The fourth-order valence-corrected chi connectivity index (χ4v) is 3.04. The van der Waals surface area contributed by atoms with Crippen molar-refractivity contribution in [1.29, 1.82) is 0 Å². The molecule has 1 aromatic rings. The van der Waals surface area contributed by atoms with E-state index in [1.807, 2.05) is 13.8 Å². The molecule has 4 heteroatoms. The summed E-state index contributed by atoms with van der Waals surface area (Å²) >= 11 is 0. The van der Waals surface area contributed by atoms with E-state index >= 15 is 0 Å². The lowest BCUT2D eigenvalue weighted by Crippen LogP contribution is -2.54. The Kier molecular flexibility index (Phi) is 5.09. The van der Waals surface area contributed by atoms with Gasteiger partial charge in [0.1, 0.15) is 11.6 Å². The van der Waals surface area contributed by atoms with Crippen LogP contribution in [0.2, 0.25) is 0 Å². The summed E-state index contributed by atoms with van der Waals surface area (Å²) < 4.78 is 27.5. The third-order valence-electron chi connectivity index (χ3n) is 4.74. The highest BCUT2D eigenvalue weighted by Crippen LogP contribution is 2.27. The molecule has 0 N–H and O–H groups in total. The average Bonchev–Trinajstić information content (AvgIpc) is 2.51. The molecule has 0 aromatic heterocycles. The van der Waals surface area contributed by atoms with E-state index in [9.17, 15) is 13.6 Å². The Hall–Kier alpha value is -1.29. The molecule has 21 heavy (non-hydrogen) atoms. The molecule has 0 aliphatic carbocycles. The monoisotopic (exact) mass is 295 g/mol. The molecule has 0 bridgehead atoms. The van der Waals surface area contributed by atoms with Gasteiger partial charge in [0.2, 0.25) is 0 Å². The molecule has 1 aliphatic heterocycles. The number of hydrogen-bond acceptors (Lipinski definition) is 2. The Morgan fingerprint density at radius 2 is 1.76 bits per heavy atom. The maximum Gasteiger partial charge on any atom is 0.157 e. The second-order valence-corrected chi connectivity index (χ2v) is 5.98. The molecule has 0 amide bonds. The van der Waals surface area contributed by atoms with E-state index in [0.717, 1.165) is 25.9 Å². The van der Waals surface area contributed by atoms with Gasteiger partial charge < -0.3 is 0 Å². The Morgan fingerprint density at radius 1 is 1.19 bits per heavy atom. The lowest BCUT2D eigenvalue weighted by molar-refractivity contribution is -0.130. The summed E-state index contributed by atoms with van der Waals surface area (Å²) in [5.74, 6) is -1.38. The number of rotatable bonds is 5. The predicted octanol–water partition coefficient (Wildman–Crippen LogP) is 3.73. The van der Waals surface area contributed by atoms with Crippen molar-refractivity contribution in [2.24, 2.45) is 0 Å². The second-order valence-electron chi connectivity index (χ2n) is 5.98. The summed E-state index contributed by atoms with van der Waals surface area (Å²) in [7, 11) is 0. The van der Waals surface area contributed by atoms with Crippen LogP contribution in [0.4, 0.5) is 8.78 Å². The first-order valence-corrected chi connectivity index (χ1v) is 7.70. The molecule has 116 valence electrons. The highest BCUT2D eigenvalue weighted by Gasteiger charge is 2.38. The standard InChI is InChI=1S/C17H23F2NO/c1-3-17(2,20-10-5-4-6-11-20)16(21)12-13-14(18)8-7-9-15(13)19/h7-9H,3-6,10-12H2,1-2H3. The quantitative estimate of drug-likeness (QED) is 0.825. The predicted molar refractivity (Wildman–Crippen MR) is 79.2 cm³/mol. The summed E-state index contributed by atoms with van der Waals surface area (Å²) in [6.07, 6.45) is 3.82. The summed E-state index contributed by atoms with van der Waals surface area (Å²) in [6, 6.07) is 3.73. The van der Waals surface area contributed by atoms with E-state index in [2.05, 4.69) is 4.90 Å². The van der Waals surface area contributed by atoms with Crippen molar-refractivity contribution >= 4 is 5.78 Å². The van der Waals surface area contributed by atoms with Crippen LogP contribution in [-0.2, 0) is 11.2 Å². The topological polar surface area (TPSA) is 20.3 Å². The van der Waals surface area contributed by atoms with Crippen LogP contribution < -0.4 is 0 Å². The van der Waals surface area contributed by atoms with E-state index in [-0.39, 0.29) is 17.8 Å². The average molecular weight is 295 g/mol. The van der Waals surface area contributed by atoms with Gasteiger partial charge in [0.05, 0.1) is 5.54 Å². The van der Waals surface area contributed by atoms with E-state index in [1.165, 1.54) is 24.6 Å². The van der Waals surface area contributed by atoms with Crippen molar-refractivity contribution in [2.45, 2.75) is 51.5 Å². The van der Waals surface area contributed by atoms with Crippen LogP contribution in [-0.4, -0.2) is 29.3 Å². The van der Waals surface area contributed by atoms with Gasteiger partial charge in [-0.1, -0.05) is 19.4 Å². The smallest absolute Gasteiger partial charge is 0.157 e. The van der Waals surface area contributed by atoms with Crippen LogP contribution in [0.15, 0.2) is 18.2 Å². The van der Waals surface area contributed by atoms with Crippen LogP contribution in [0.1, 0.15) is 45.1 Å². The normalized spacial score (nSPS) is 19.2. The van der Waals surface area contributed by atoms with Gasteiger partial charge in [-0.15, -0.1) is 0 Å². The maximum absolute atomic E-state index is 13.7. The Balaban J connectivity index is 2.20. The molecular formula is C17H23F2NO. The molecule has 0 radical (unpaired) electrons. The van der Waals surface area contributed by atoms with Gasteiger partial charge in [0.25, 0.3) is 0 Å². The molecule has 1 heterocycles. The lowest BCUT2D eigenvalue weighted by Gasteiger charge is -2.42. The van der Waals surface area contributed by atoms with Crippen LogP contribution in [0, 0.1) is 11.6 Å². The fraction of sp³-hybridized carbons (Fsp3) is 0.588. The van der Waals surface area contributed by atoms with Crippen molar-refractivity contribution < 1.29 is 13.6 Å². The number of carbonyl (C=O) groups excluding carboxylic acids is 1. The number of ketones is 1. The largest absolute Gasteiger partial charge is 0.297 e. The lowest BCUT2D eigenvalue weighted by atomic mass is 9.85. The Labute approximate surface area is 125 Å². The number of halogens is 2. The Morgan fingerprint density at radius 3 is 2.29 bits per heavy atom. The zero-order chi connectivity index (χ0) is 15.5. The summed E-state index contributed by atoms with van der Waals surface area (Å²) in [4.78, 5) is 14.9. The molecule has 2 nitrogen and oxygen atoms in total. The van der Waals surface area contributed by atoms with Crippen LogP contribution in [0.3, 0.4) is 0 Å². The number of piperidine rings is 1. The summed E-state index contributed by atoms with van der Waals surface area (Å²) in [5.41, 5.74) is -0.742. The minimum Gasteiger partial charge on any atom is -0.297 e.